The van der Waals surface area contributed by atoms with Crippen LogP contribution in [0.1, 0.15) is 17.0 Å². The van der Waals surface area contributed by atoms with E-state index in [1.54, 1.807) is 18.2 Å². The molecular formula is C17H15FN2O2S. The molecule has 118 valence electrons. The van der Waals surface area contributed by atoms with Crippen molar-refractivity contribution in [2.75, 3.05) is 0 Å². The first-order valence-corrected chi connectivity index (χ1v) is 8.61. The molecule has 1 fully saturated rings. The molecule has 0 radical (unpaired) electrons. The molecule has 6 heteroatoms. The summed E-state index contributed by atoms with van der Waals surface area (Å²) in [7, 11) is -3.78. The number of hydrogen-bond acceptors (Lipinski definition) is 4. The van der Waals surface area contributed by atoms with Crippen LogP contribution in [-0.2, 0) is 9.84 Å². The van der Waals surface area contributed by atoms with Crippen molar-refractivity contribution in [1.29, 1.82) is 5.26 Å². The van der Waals surface area contributed by atoms with E-state index < -0.39 is 32.4 Å². The van der Waals surface area contributed by atoms with Crippen molar-refractivity contribution in [3.63, 3.8) is 0 Å². The summed E-state index contributed by atoms with van der Waals surface area (Å²) in [6.07, 6.45) is 0. The SMILES string of the molecule is Cc1ccc(S(=O)(=O)[C@@H]2[C@H](c3cccc(F)c3)[C@@]2(N)C#N)cc1. The average Bonchev–Trinajstić information content (AvgIpc) is 3.15. The lowest BCUT2D eigenvalue weighted by molar-refractivity contribution is 0.591. The quantitative estimate of drug-likeness (QED) is 0.936. The van der Waals surface area contributed by atoms with Gasteiger partial charge in [-0.15, -0.1) is 0 Å². The average molecular weight is 330 g/mol. The van der Waals surface area contributed by atoms with E-state index in [1.807, 2.05) is 13.0 Å². The van der Waals surface area contributed by atoms with Gasteiger partial charge in [-0.25, -0.2) is 12.8 Å². The zero-order valence-electron chi connectivity index (χ0n) is 12.4. The maximum Gasteiger partial charge on any atom is 0.184 e. The van der Waals surface area contributed by atoms with Gasteiger partial charge >= 0.3 is 0 Å². The highest BCUT2D eigenvalue weighted by Gasteiger charge is 2.70. The minimum absolute atomic E-state index is 0.122. The van der Waals surface area contributed by atoms with E-state index in [-0.39, 0.29) is 4.90 Å². The summed E-state index contributed by atoms with van der Waals surface area (Å²) >= 11 is 0. The van der Waals surface area contributed by atoms with Crippen molar-refractivity contribution >= 4 is 9.84 Å². The molecule has 0 unspecified atom stereocenters. The predicted molar refractivity (Wildman–Crippen MR) is 83.8 cm³/mol. The molecule has 2 N–H and O–H groups in total. The molecule has 0 aromatic heterocycles. The van der Waals surface area contributed by atoms with Crippen molar-refractivity contribution in [3.8, 4) is 6.07 Å². The summed E-state index contributed by atoms with van der Waals surface area (Å²) in [5, 5.41) is 8.28. The fourth-order valence-electron chi connectivity index (χ4n) is 2.97. The Morgan fingerprint density at radius 1 is 1.22 bits per heavy atom. The van der Waals surface area contributed by atoms with Crippen molar-refractivity contribution in [2.45, 2.75) is 28.5 Å². The van der Waals surface area contributed by atoms with Gasteiger partial charge in [0.25, 0.3) is 0 Å². The monoisotopic (exact) mass is 330 g/mol. The molecule has 0 saturated heterocycles. The number of nitrogens with zero attached hydrogens (tertiary/aromatic N) is 1. The highest BCUT2D eigenvalue weighted by atomic mass is 32.2. The molecular weight excluding hydrogens is 315 g/mol. The molecule has 3 atom stereocenters. The van der Waals surface area contributed by atoms with Crippen molar-refractivity contribution in [3.05, 3.63) is 65.5 Å². The maximum absolute atomic E-state index is 13.4. The summed E-state index contributed by atoms with van der Waals surface area (Å²) in [5.41, 5.74) is 5.82. The van der Waals surface area contributed by atoms with Crippen LogP contribution in [0.3, 0.4) is 0 Å². The number of hydrogen-bond donors (Lipinski definition) is 1. The highest BCUT2D eigenvalue weighted by Crippen LogP contribution is 2.55. The van der Waals surface area contributed by atoms with Crippen LogP contribution < -0.4 is 5.73 Å². The van der Waals surface area contributed by atoms with Gasteiger partial charge in [-0.2, -0.15) is 5.26 Å². The first-order chi connectivity index (χ1) is 10.8. The number of halogens is 1. The third kappa shape index (κ3) is 2.42. The molecule has 4 nitrogen and oxygen atoms in total. The summed E-state index contributed by atoms with van der Waals surface area (Å²) in [4.78, 5) is 0.122. The van der Waals surface area contributed by atoms with Crippen LogP contribution in [-0.4, -0.2) is 19.2 Å². The van der Waals surface area contributed by atoms with E-state index in [1.165, 1.54) is 30.3 Å². The second-order valence-electron chi connectivity index (χ2n) is 5.86. The van der Waals surface area contributed by atoms with Gasteiger partial charge in [-0.1, -0.05) is 29.8 Å². The van der Waals surface area contributed by atoms with Gasteiger partial charge in [0.05, 0.1) is 11.0 Å². The van der Waals surface area contributed by atoms with Gasteiger partial charge < -0.3 is 5.73 Å². The van der Waals surface area contributed by atoms with Crippen LogP contribution in [0.25, 0.3) is 0 Å². The first-order valence-electron chi connectivity index (χ1n) is 7.07. The minimum atomic E-state index is -3.78. The number of aryl methyl sites for hydroxylation is 1. The van der Waals surface area contributed by atoms with E-state index in [0.29, 0.717) is 5.56 Å². The smallest absolute Gasteiger partial charge is 0.184 e. The first kappa shape index (κ1) is 15.7. The lowest BCUT2D eigenvalue weighted by Crippen LogP contribution is -2.29. The van der Waals surface area contributed by atoms with E-state index >= 15 is 0 Å². The third-order valence-corrected chi connectivity index (χ3v) is 6.52. The zero-order valence-corrected chi connectivity index (χ0v) is 13.2. The second kappa shape index (κ2) is 5.15. The van der Waals surface area contributed by atoms with Crippen LogP contribution >= 0.6 is 0 Å². The van der Waals surface area contributed by atoms with E-state index in [0.717, 1.165) is 5.56 Å². The third-order valence-electron chi connectivity index (χ3n) is 4.26. The van der Waals surface area contributed by atoms with E-state index in [2.05, 4.69) is 0 Å². The largest absolute Gasteiger partial charge is 0.312 e. The van der Waals surface area contributed by atoms with Crippen LogP contribution in [0.15, 0.2) is 53.4 Å². The molecule has 2 aromatic carbocycles. The Bertz CT molecular complexity index is 903. The molecule has 1 aliphatic rings. The fourth-order valence-corrected chi connectivity index (χ4v) is 5.15. The summed E-state index contributed by atoms with van der Waals surface area (Å²) in [6, 6.07) is 13.9. The molecule has 0 spiro atoms. The Labute approximate surface area is 134 Å². The molecule has 0 amide bonds. The Balaban J connectivity index is 2.05. The van der Waals surface area contributed by atoms with Crippen molar-refractivity contribution < 1.29 is 12.8 Å². The van der Waals surface area contributed by atoms with E-state index in [4.69, 9.17) is 5.73 Å². The predicted octanol–water partition coefficient (Wildman–Crippen LogP) is 2.29. The van der Waals surface area contributed by atoms with Crippen LogP contribution in [0.2, 0.25) is 0 Å². The van der Waals surface area contributed by atoms with Gasteiger partial charge in [-0.05, 0) is 36.8 Å². The highest BCUT2D eigenvalue weighted by molar-refractivity contribution is 7.92. The van der Waals surface area contributed by atoms with Gasteiger partial charge in [-0.3, -0.25) is 0 Å². The summed E-state index contributed by atoms with van der Waals surface area (Å²) < 4.78 is 39.1. The molecule has 0 aliphatic heterocycles. The van der Waals surface area contributed by atoms with Crippen molar-refractivity contribution in [2.24, 2.45) is 5.73 Å². The molecule has 3 rings (SSSR count). The van der Waals surface area contributed by atoms with Crippen LogP contribution in [0.4, 0.5) is 4.39 Å². The normalized spacial score (nSPS) is 26.5. The van der Waals surface area contributed by atoms with Crippen LogP contribution in [0.5, 0.6) is 0 Å². The van der Waals surface area contributed by atoms with Gasteiger partial charge in [0, 0.05) is 5.92 Å². The van der Waals surface area contributed by atoms with E-state index in [9.17, 15) is 18.1 Å². The van der Waals surface area contributed by atoms with Gasteiger partial charge in [0.1, 0.15) is 16.6 Å². The number of benzene rings is 2. The van der Waals surface area contributed by atoms with Gasteiger partial charge in [0.15, 0.2) is 9.84 Å². The Kier molecular flexibility index (Phi) is 3.51. The molecule has 23 heavy (non-hydrogen) atoms. The Morgan fingerprint density at radius 3 is 2.43 bits per heavy atom. The molecule has 1 saturated carbocycles. The number of nitriles is 1. The molecule has 1 aliphatic carbocycles. The standard InChI is InChI=1S/C17H15FN2O2S/c1-11-5-7-14(8-6-11)23(21,22)16-15(17(16,20)10-19)12-3-2-4-13(18)9-12/h2-9,15-16H,20H2,1H3/t15-,16+,17-/m0/s1. The number of rotatable bonds is 3. The molecule has 2 aromatic rings. The topological polar surface area (TPSA) is 83.9 Å². The lowest BCUT2D eigenvalue weighted by atomic mass is 10.1. The fraction of sp³-hybridized carbons (Fsp3) is 0.235. The van der Waals surface area contributed by atoms with Crippen LogP contribution in [0, 0.1) is 24.1 Å². The molecule has 0 heterocycles. The maximum atomic E-state index is 13.4. The number of sulfone groups is 1. The Hall–Kier alpha value is -2.23. The number of nitrogens with two attached hydrogens (primary N) is 1. The van der Waals surface area contributed by atoms with Crippen molar-refractivity contribution in [1.82, 2.24) is 0 Å². The lowest BCUT2D eigenvalue weighted by Gasteiger charge is -2.05. The minimum Gasteiger partial charge on any atom is -0.312 e. The Morgan fingerprint density at radius 2 is 1.87 bits per heavy atom. The second-order valence-corrected chi connectivity index (χ2v) is 7.93. The van der Waals surface area contributed by atoms with Gasteiger partial charge in [0.2, 0.25) is 0 Å². The summed E-state index contributed by atoms with van der Waals surface area (Å²) in [6.45, 7) is 1.85. The zero-order chi connectivity index (χ0) is 16.8. The molecule has 0 bridgehead atoms. The summed E-state index contributed by atoms with van der Waals surface area (Å²) in [5.74, 6) is -1.23.